The van der Waals surface area contributed by atoms with Crippen molar-refractivity contribution >= 4 is 21.7 Å². The van der Waals surface area contributed by atoms with Crippen molar-refractivity contribution in [1.29, 1.82) is 0 Å². The third kappa shape index (κ3) is 3.72. The number of carbonyl (C=O) groups excluding carboxylic acids is 1. The highest BCUT2D eigenvalue weighted by molar-refractivity contribution is 7.89. The minimum atomic E-state index is -3.82. The van der Waals surface area contributed by atoms with Crippen LogP contribution in [0.1, 0.15) is 23.2 Å². The average Bonchev–Trinajstić information content (AvgIpc) is 2.46. The van der Waals surface area contributed by atoms with Crippen LogP contribution in [0.2, 0.25) is 0 Å². The van der Waals surface area contributed by atoms with Gasteiger partial charge in [0.15, 0.2) is 0 Å². The molecule has 0 bridgehead atoms. The van der Waals surface area contributed by atoms with E-state index in [0.29, 0.717) is 31.7 Å². The van der Waals surface area contributed by atoms with Crippen LogP contribution in [0.25, 0.3) is 0 Å². The highest BCUT2D eigenvalue weighted by atomic mass is 32.2. The summed E-state index contributed by atoms with van der Waals surface area (Å²) in [5, 5.41) is 0. The summed E-state index contributed by atoms with van der Waals surface area (Å²) < 4.78 is 37.3. The van der Waals surface area contributed by atoms with Gasteiger partial charge in [0.2, 0.25) is 10.0 Å². The molecule has 7 nitrogen and oxygen atoms in total. The molecule has 1 aromatic rings. The number of carbonyl (C=O) groups is 1. The molecule has 0 atom stereocenters. The molecule has 0 amide bonds. The standard InChI is InChI=1S/C13H18N2O5S/c1-19-13(16)11-8-9(14)2-3-12(11)21(17,18)15-10-4-6-20-7-5-10/h2-3,8,10,15H,4-7,14H2,1H3. The lowest BCUT2D eigenvalue weighted by atomic mass is 10.1. The first kappa shape index (κ1) is 15.7. The molecular weight excluding hydrogens is 296 g/mol. The Morgan fingerprint density at radius 3 is 2.67 bits per heavy atom. The predicted octanol–water partition coefficient (Wildman–Crippen LogP) is 0.513. The first-order chi connectivity index (χ1) is 9.94. The molecule has 3 N–H and O–H groups in total. The summed E-state index contributed by atoms with van der Waals surface area (Å²) in [6.45, 7) is 1.03. The number of nitrogen functional groups attached to an aromatic ring is 1. The minimum absolute atomic E-state index is 0.0722. The van der Waals surface area contributed by atoms with Gasteiger partial charge < -0.3 is 15.2 Å². The maximum Gasteiger partial charge on any atom is 0.339 e. The average molecular weight is 314 g/mol. The number of nitrogens with two attached hydrogens (primary N) is 1. The maximum absolute atomic E-state index is 12.5. The van der Waals surface area contributed by atoms with Gasteiger partial charge in [-0.25, -0.2) is 17.9 Å². The second-order valence-electron chi connectivity index (χ2n) is 4.76. The first-order valence-corrected chi connectivity index (χ1v) is 8.00. The fraction of sp³-hybridized carbons (Fsp3) is 0.462. The van der Waals surface area contributed by atoms with E-state index < -0.39 is 16.0 Å². The van der Waals surface area contributed by atoms with Crippen molar-refractivity contribution in [3.05, 3.63) is 23.8 Å². The van der Waals surface area contributed by atoms with Crippen LogP contribution < -0.4 is 10.5 Å². The lowest BCUT2D eigenvalue weighted by Crippen LogP contribution is -2.39. The Balaban J connectivity index is 2.32. The van der Waals surface area contributed by atoms with Gasteiger partial charge in [0.25, 0.3) is 0 Å². The normalized spacial score (nSPS) is 16.6. The zero-order valence-corrected chi connectivity index (χ0v) is 12.5. The molecule has 1 heterocycles. The Morgan fingerprint density at radius 2 is 2.05 bits per heavy atom. The van der Waals surface area contributed by atoms with E-state index in [4.69, 9.17) is 10.5 Å². The molecular formula is C13H18N2O5S. The topological polar surface area (TPSA) is 108 Å². The van der Waals surface area contributed by atoms with E-state index in [-0.39, 0.29) is 16.5 Å². The Kier molecular flexibility index (Phi) is 4.81. The predicted molar refractivity (Wildman–Crippen MR) is 76.4 cm³/mol. The summed E-state index contributed by atoms with van der Waals surface area (Å²) in [5.74, 6) is -0.741. The highest BCUT2D eigenvalue weighted by Gasteiger charge is 2.27. The van der Waals surface area contributed by atoms with Crippen LogP contribution in [0.15, 0.2) is 23.1 Å². The van der Waals surface area contributed by atoms with Crippen LogP contribution in [0.3, 0.4) is 0 Å². The van der Waals surface area contributed by atoms with E-state index in [1.165, 1.54) is 25.3 Å². The van der Waals surface area contributed by atoms with Gasteiger partial charge in [0.05, 0.1) is 17.6 Å². The summed E-state index contributed by atoms with van der Waals surface area (Å²) in [4.78, 5) is 11.6. The van der Waals surface area contributed by atoms with Gasteiger partial charge in [-0.05, 0) is 31.0 Å². The quantitative estimate of drug-likeness (QED) is 0.619. The smallest absolute Gasteiger partial charge is 0.339 e. The van der Waals surface area contributed by atoms with Crippen LogP contribution in [0.4, 0.5) is 5.69 Å². The van der Waals surface area contributed by atoms with E-state index >= 15 is 0 Å². The van der Waals surface area contributed by atoms with Crippen molar-refractivity contribution in [1.82, 2.24) is 4.72 Å². The number of nitrogens with one attached hydrogen (secondary N) is 1. The maximum atomic E-state index is 12.5. The zero-order chi connectivity index (χ0) is 15.5. The van der Waals surface area contributed by atoms with Gasteiger partial charge in [-0.3, -0.25) is 0 Å². The lowest BCUT2D eigenvalue weighted by Gasteiger charge is -2.23. The number of ether oxygens (including phenoxy) is 2. The van der Waals surface area contributed by atoms with E-state index in [9.17, 15) is 13.2 Å². The molecule has 0 aliphatic carbocycles. The summed E-state index contributed by atoms with van der Waals surface area (Å²) in [6.07, 6.45) is 1.20. The van der Waals surface area contributed by atoms with Gasteiger partial charge in [0, 0.05) is 24.9 Å². The first-order valence-electron chi connectivity index (χ1n) is 6.52. The molecule has 1 fully saturated rings. The summed E-state index contributed by atoms with van der Waals surface area (Å²) in [7, 11) is -2.64. The van der Waals surface area contributed by atoms with Crippen LogP contribution in [0.5, 0.6) is 0 Å². The molecule has 1 aliphatic heterocycles. The Bertz CT molecular complexity index is 623. The number of anilines is 1. The molecule has 0 radical (unpaired) electrons. The summed E-state index contributed by atoms with van der Waals surface area (Å²) in [6, 6.07) is 3.84. The second-order valence-corrected chi connectivity index (χ2v) is 6.44. The number of sulfonamides is 1. The zero-order valence-electron chi connectivity index (χ0n) is 11.7. The third-order valence-corrected chi connectivity index (χ3v) is 4.82. The molecule has 1 saturated heterocycles. The number of hydrogen-bond donors (Lipinski definition) is 2. The summed E-state index contributed by atoms with van der Waals surface area (Å²) >= 11 is 0. The fourth-order valence-corrected chi connectivity index (χ4v) is 3.63. The second kappa shape index (κ2) is 6.42. The summed E-state index contributed by atoms with van der Waals surface area (Å²) in [5.41, 5.74) is 5.83. The molecule has 0 saturated carbocycles. The Morgan fingerprint density at radius 1 is 1.38 bits per heavy atom. The number of methoxy groups -OCH3 is 1. The van der Waals surface area contributed by atoms with Crippen LogP contribution in [-0.4, -0.2) is 40.8 Å². The molecule has 1 aromatic carbocycles. The Labute approximate surface area is 123 Å². The van der Waals surface area contributed by atoms with Gasteiger partial charge >= 0.3 is 5.97 Å². The number of esters is 1. The van der Waals surface area contributed by atoms with Crippen LogP contribution in [-0.2, 0) is 19.5 Å². The highest BCUT2D eigenvalue weighted by Crippen LogP contribution is 2.21. The van der Waals surface area contributed by atoms with Gasteiger partial charge in [-0.1, -0.05) is 0 Å². The van der Waals surface area contributed by atoms with Crippen molar-refractivity contribution < 1.29 is 22.7 Å². The molecule has 8 heteroatoms. The van der Waals surface area contributed by atoms with Gasteiger partial charge in [-0.2, -0.15) is 0 Å². The number of rotatable bonds is 4. The van der Waals surface area contributed by atoms with E-state index in [1.807, 2.05) is 0 Å². The largest absolute Gasteiger partial charge is 0.465 e. The Hall–Kier alpha value is -1.64. The van der Waals surface area contributed by atoms with Crippen molar-refractivity contribution in [3.8, 4) is 0 Å². The van der Waals surface area contributed by atoms with Crippen molar-refractivity contribution in [3.63, 3.8) is 0 Å². The van der Waals surface area contributed by atoms with E-state index in [1.54, 1.807) is 0 Å². The van der Waals surface area contributed by atoms with Gasteiger partial charge in [-0.15, -0.1) is 0 Å². The monoisotopic (exact) mass is 314 g/mol. The number of hydrogen-bond acceptors (Lipinski definition) is 6. The molecule has 0 spiro atoms. The van der Waals surface area contributed by atoms with Crippen LogP contribution >= 0.6 is 0 Å². The van der Waals surface area contributed by atoms with Crippen LogP contribution in [0, 0.1) is 0 Å². The van der Waals surface area contributed by atoms with E-state index in [2.05, 4.69) is 9.46 Å². The molecule has 0 aromatic heterocycles. The third-order valence-electron chi connectivity index (χ3n) is 3.24. The molecule has 21 heavy (non-hydrogen) atoms. The van der Waals surface area contributed by atoms with Gasteiger partial charge in [0.1, 0.15) is 0 Å². The fourth-order valence-electron chi connectivity index (χ4n) is 2.15. The van der Waals surface area contributed by atoms with E-state index in [0.717, 1.165) is 0 Å². The molecule has 116 valence electrons. The van der Waals surface area contributed by atoms with Crippen molar-refractivity contribution in [2.24, 2.45) is 0 Å². The van der Waals surface area contributed by atoms with Crippen molar-refractivity contribution in [2.45, 2.75) is 23.8 Å². The molecule has 1 aliphatic rings. The van der Waals surface area contributed by atoms with Crippen molar-refractivity contribution in [2.75, 3.05) is 26.1 Å². The SMILES string of the molecule is COC(=O)c1cc(N)ccc1S(=O)(=O)NC1CCOCC1. The minimum Gasteiger partial charge on any atom is -0.465 e. The molecule has 2 rings (SSSR count). The number of benzene rings is 1. The lowest BCUT2D eigenvalue weighted by molar-refractivity contribution is 0.0596. The molecule has 0 unspecified atom stereocenters.